The number of benzene rings is 1. The van der Waals surface area contributed by atoms with Gasteiger partial charge >= 0.3 is 0 Å². The van der Waals surface area contributed by atoms with E-state index in [1.165, 1.54) is 12.1 Å². The summed E-state index contributed by atoms with van der Waals surface area (Å²) in [5, 5.41) is 3.18. The second-order valence-corrected chi connectivity index (χ2v) is 7.67. The number of likely N-dealkylation sites (tertiary alicyclic amines) is 1. The third-order valence-corrected chi connectivity index (χ3v) is 4.54. The number of piperidine rings is 1. The van der Waals surface area contributed by atoms with Crippen LogP contribution in [0, 0.1) is 11.2 Å². The molecular weight excluding hydrogens is 331 g/mol. The highest BCUT2D eigenvalue weighted by molar-refractivity contribution is 6.31. The van der Waals surface area contributed by atoms with E-state index in [1.54, 1.807) is 6.07 Å². The highest BCUT2D eigenvalue weighted by atomic mass is 35.5. The van der Waals surface area contributed by atoms with Crippen LogP contribution in [0.25, 0.3) is 0 Å². The first-order valence-corrected chi connectivity index (χ1v) is 8.58. The summed E-state index contributed by atoms with van der Waals surface area (Å²) in [7, 11) is 0. The second-order valence-electron chi connectivity index (χ2n) is 7.26. The Balaban J connectivity index is 1.86. The van der Waals surface area contributed by atoms with Gasteiger partial charge in [-0.05, 0) is 25.0 Å². The molecule has 1 saturated heterocycles. The Morgan fingerprint density at radius 3 is 2.46 bits per heavy atom. The van der Waals surface area contributed by atoms with Gasteiger partial charge in [-0.25, -0.2) is 4.39 Å². The van der Waals surface area contributed by atoms with E-state index in [-0.39, 0.29) is 34.9 Å². The zero-order chi connectivity index (χ0) is 17.9. The molecule has 132 valence electrons. The molecule has 0 aromatic heterocycles. The molecule has 2 rings (SSSR count). The molecule has 1 aromatic rings. The average Bonchev–Trinajstić information content (AvgIpc) is 2.50. The van der Waals surface area contributed by atoms with Crippen molar-refractivity contribution in [1.82, 2.24) is 10.2 Å². The Morgan fingerprint density at radius 2 is 1.92 bits per heavy atom. The smallest absolute Gasteiger partial charge is 0.227 e. The fraction of sp³-hybridized carbons (Fsp3) is 0.556. The topological polar surface area (TPSA) is 49.4 Å². The van der Waals surface area contributed by atoms with Crippen LogP contribution in [0.5, 0.6) is 0 Å². The number of nitrogens with zero attached hydrogens (tertiary/aromatic N) is 1. The third kappa shape index (κ3) is 4.69. The molecule has 0 atom stereocenters. The largest absolute Gasteiger partial charge is 0.353 e. The van der Waals surface area contributed by atoms with E-state index < -0.39 is 11.2 Å². The molecule has 0 bridgehead atoms. The third-order valence-electron chi connectivity index (χ3n) is 4.19. The molecular formula is C18H24ClFN2O2. The van der Waals surface area contributed by atoms with Crippen LogP contribution < -0.4 is 5.32 Å². The zero-order valence-corrected chi connectivity index (χ0v) is 15.1. The van der Waals surface area contributed by atoms with Crippen LogP contribution in [0.3, 0.4) is 0 Å². The van der Waals surface area contributed by atoms with Gasteiger partial charge in [-0.2, -0.15) is 0 Å². The Bertz CT molecular complexity index is 600. The summed E-state index contributed by atoms with van der Waals surface area (Å²) in [6, 6.07) is 4.39. The molecule has 1 aromatic carbocycles. The molecule has 4 nitrogen and oxygen atoms in total. The van der Waals surface area contributed by atoms with Gasteiger partial charge in [-0.3, -0.25) is 9.59 Å². The number of halogens is 2. The van der Waals surface area contributed by atoms with Crippen molar-refractivity contribution in [3.05, 3.63) is 34.6 Å². The maximum Gasteiger partial charge on any atom is 0.227 e. The first-order valence-electron chi connectivity index (χ1n) is 8.20. The van der Waals surface area contributed by atoms with Crippen LogP contribution >= 0.6 is 11.6 Å². The lowest BCUT2D eigenvalue weighted by atomic mass is 9.93. The summed E-state index contributed by atoms with van der Waals surface area (Å²) in [6.07, 6.45) is 1.34. The molecule has 1 fully saturated rings. The maximum atomic E-state index is 13.7. The first-order chi connectivity index (χ1) is 11.2. The lowest BCUT2D eigenvalue weighted by molar-refractivity contribution is -0.140. The minimum absolute atomic E-state index is 0.00654. The minimum Gasteiger partial charge on any atom is -0.353 e. The van der Waals surface area contributed by atoms with Crippen molar-refractivity contribution in [3.8, 4) is 0 Å². The first kappa shape index (κ1) is 18.7. The minimum atomic E-state index is -0.469. The van der Waals surface area contributed by atoms with E-state index in [0.29, 0.717) is 25.9 Å². The Hall–Kier alpha value is -1.62. The summed E-state index contributed by atoms with van der Waals surface area (Å²) in [5.41, 5.74) is -0.172. The van der Waals surface area contributed by atoms with Gasteiger partial charge in [0.05, 0.1) is 6.42 Å². The molecule has 2 amide bonds. The molecule has 0 spiro atoms. The number of nitrogens with one attached hydrogen (secondary N) is 1. The van der Waals surface area contributed by atoms with Crippen molar-refractivity contribution < 1.29 is 14.0 Å². The van der Waals surface area contributed by atoms with Gasteiger partial charge in [-0.1, -0.05) is 38.4 Å². The standard InChI is InChI=1S/C18H24ClFN2O2/c1-18(2,3)17(24)22-9-7-12(8-10-22)21-16(23)11-13-14(19)5-4-6-15(13)20/h4-6,12H,7-11H2,1-3H3,(H,21,23). The normalized spacial score (nSPS) is 16.1. The van der Waals surface area contributed by atoms with Gasteiger partial charge in [0.15, 0.2) is 0 Å². The van der Waals surface area contributed by atoms with Crippen LogP contribution in [-0.2, 0) is 16.0 Å². The van der Waals surface area contributed by atoms with Gasteiger partial charge in [0, 0.05) is 35.1 Å². The van der Waals surface area contributed by atoms with E-state index in [4.69, 9.17) is 11.6 Å². The number of hydrogen-bond donors (Lipinski definition) is 1. The van der Waals surface area contributed by atoms with E-state index >= 15 is 0 Å². The van der Waals surface area contributed by atoms with Crippen molar-refractivity contribution in [1.29, 1.82) is 0 Å². The summed E-state index contributed by atoms with van der Waals surface area (Å²) < 4.78 is 13.7. The van der Waals surface area contributed by atoms with Crippen LogP contribution in [0.2, 0.25) is 5.02 Å². The molecule has 0 saturated carbocycles. The molecule has 1 heterocycles. The summed E-state index contributed by atoms with van der Waals surface area (Å²) in [4.78, 5) is 26.2. The van der Waals surface area contributed by atoms with Crippen molar-refractivity contribution in [2.45, 2.75) is 46.1 Å². The summed E-state index contributed by atoms with van der Waals surface area (Å²) >= 11 is 5.95. The molecule has 0 radical (unpaired) electrons. The van der Waals surface area contributed by atoms with Gasteiger partial charge in [0.1, 0.15) is 5.82 Å². The molecule has 6 heteroatoms. The van der Waals surface area contributed by atoms with Gasteiger partial charge in [0.2, 0.25) is 11.8 Å². The number of amides is 2. The second kappa shape index (κ2) is 7.51. The van der Waals surface area contributed by atoms with Crippen molar-refractivity contribution in [2.75, 3.05) is 13.1 Å². The van der Waals surface area contributed by atoms with Gasteiger partial charge < -0.3 is 10.2 Å². The van der Waals surface area contributed by atoms with Crippen LogP contribution in [0.4, 0.5) is 4.39 Å². The number of rotatable bonds is 3. The van der Waals surface area contributed by atoms with Gasteiger partial charge in [0.25, 0.3) is 0 Å². The summed E-state index contributed by atoms with van der Waals surface area (Å²) in [6.45, 7) is 6.97. The van der Waals surface area contributed by atoms with E-state index in [2.05, 4.69) is 5.32 Å². The lowest BCUT2D eigenvalue weighted by Gasteiger charge is -2.36. The molecule has 0 unspecified atom stereocenters. The lowest BCUT2D eigenvalue weighted by Crippen LogP contribution is -2.49. The van der Waals surface area contributed by atoms with E-state index in [1.807, 2.05) is 25.7 Å². The number of carbonyl (C=O) groups excluding carboxylic acids is 2. The predicted molar refractivity (Wildman–Crippen MR) is 92.3 cm³/mol. The van der Waals surface area contributed by atoms with Crippen molar-refractivity contribution in [2.24, 2.45) is 5.41 Å². The maximum absolute atomic E-state index is 13.7. The Kier molecular flexibility index (Phi) is 5.86. The van der Waals surface area contributed by atoms with Crippen LogP contribution in [0.15, 0.2) is 18.2 Å². The molecule has 1 aliphatic heterocycles. The number of carbonyl (C=O) groups is 2. The van der Waals surface area contributed by atoms with Gasteiger partial charge in [-0.15, -0.1) is 0 Å². The SMILES string of the molecule is CC(C)(C)C(=O)N1CCC(NC(=O)Cc2c(F)cccc2Cl)CC1. The Morgan fingerprint density at radius 1 is 1.29 bits per heavy atom. The monoisotopic (exact) mass is 354 g/mol. The van der Waals surface area contributed by atoms with E-state index in [0.717, 1.165) is 0 Å². The molecule has 1 N–H and O–H groups in total. The Labute approximate surface area is 147 Å². The summed E-state index contributed by atoms with van der Waals surface area (Å²) in [5.74, 6) is -0.587. The predicted octanol–water partition coefficient (Wildman–Crippen LogP) is 3.17. The fourth-order valence-corrected chi connectivity index (χ4v) is 3.07. The van der Waals surface area contributed by atoms with Crippen LogP contribution in [-0.4, -0.2) is 35.8 Å². The zero-order valence-electron chi connectivity index (χ0n) is 14.4. The fourth-order valence-electron chi connectivity index (χ4n) is 2.84. The molecule has 0 aliphatic carbocycles. The highest BCUT2D eigenvalue weighted by Gasteiger charge is 2.30. The average molecular weight is 355 g/mol. The quantitative estimate of drug-likeness (QED) is 0.906. The van der Waals surface area contributed by atoms with E-state index in [9.17, 15) is 14.0 Å². The molecule has 24 heavy (non-hydrogen) atoms. The molecule has 1 aliphatic rings. The highest BCUT2D eigenvalue weighted by Crippen LogP contribution is 2.22. The number of hydrogen-bond acceptors (Lipinski definition) is 2. The van der Waals surface area contributed by atoms with Crippen LogP contribution in [0.1, 0.15) is 39.2 Å². The van der Waals surface area contributed by atoms with Crippen molar-refractivity contribution >= 4 is 23.4 Å². The van der Waals surface area contributed by atoms with Crippen molar-refractivity contribution in [3.63, 3.8) is 0 Å².